The zero-order valence-corrected chi connectivity index (χ0v) is 12.7. The molecule has 5 nitrogen and oxygen atoms in total. The number of para-hydroxylation sites is 1. The van der Waals surface area contributed by atoms with E-state index >= 15 is 0 Å². The first-order valence-corrected chi connectivity index (χ1v) is 7.34. The summed E-state index contributed by atoms with van der Waals surface area (Å²) in [6.07, 6.45) is -3.28. The van der Waals surface area contributed by atoms with Crippen LogP contribution in [0.5, 0.6) is 0 Å². The van der Waals surface area contributed by atoms with Crippen LogP contribution < -0.4 is 10.9 Å². The van der Waals surface area contributed by atoms with E-state index in [1.807, 2.05) is 0 Å². The Morgan fingerprint density at radius 3 is 2.65 bits per heavy atom. The lowest BCUT2D eigenvalue weighted by atomic mass is 10.1. The fraction of sp³-hybridized carbons (Fsp3) is 0.214. The van der Waals surface area contributed by atoms with Gasteiger partial charge in [0.1, 0.15) is 0 Å². The van der Waals surface area contributed by atoms with Crippen LogP contribution in [0.25, 0.3) is 0 Å². The quantitative estimate of drug-likeness (QED) is 0.661. The monoisotopic (exact) mass is 343 g/mol. The number of aromatic nitrogens is 2. The third kappa shape index (κ3) is 4.59. The minimum absolute atomic E-state index is 0.212. The molecule has 0 saturated heterocycles. The van der Waals surface area contributed by atoms with Crippen molar-refractivity contribution in [2.45, 2.75) is 23.5 Å². The number of rotatable bonds is 4. The van der Waals surface area contributed by atoms with Crippen LogP contribution in [-0.4, -0.2) is 21.1 Å². The molecular formula is C14H12F3N3O2S. The lowest BCUT2D eigenvalue weighted by molar-refractivity contribution is -0.137. The van der Waals surface area contributed by atoms with Gasteiger partial charge in [-0.15, -0.1) is 0 Å². The van der Waals surface area contributed by atoms with Crippen molar-refractivity contribution >= 4 is 23.4 Å². The molecule has 1 aromatic heterocycles. The molecule has 0 radical (unpaired) electrons. The van der Waals surface area contributed by atoms with Gasteiger partial charge < -0.3 is 10.3 Å². The molecule has 1 atom stereocenters. The van der Waals surface area contributed by atoms with Gasteiger partial charge >= 0.3 is 6.18 Å². The molecule has 0 bridgehead atoms. The Labute approximate surface area is 133 Å². The van der Waals surface area contributed by atoms with Gasteiger partial charge in [-0.25, -0.2) is 4.98 Å². The van der Waals surface area contributed by atoms with Gasteiger partial charge in [-0.2, -0.15) is 13.2 Å². The second-order valence-corrected chi connectivity index (χ2v) is 5.86. The summed E-state index contributed by atoms with van der Waals surface area (Å²) in [4.78, 5) is 29.5. The van der Waals surface area contributed by atoms with Crippen molar-refractivity contribution in [2.75, 3.05) is 5.32 Å². The lowest BCUT2D eigenvalue weighted by Gasteiger charge is -2.15. The fourth-order valence-electron chi connectivity index (χ4n) is 1.71. The highest BCUT2D eigenvalue weighted by atomic mass is 32.2. The molecule has 2 N–H and O–H groups in total. The Morgan fingerprint density at radius 1 is 1.30 bits per heavy atom. The van der Waals surface area contributed by atoms with E-state index in [0.717, 1.165) is 17.8 Å². The number of amides is 1. The van der Waals surface area contributed by atoms with E-state index in [0.29, 0.717) is 0 Å². The maximum atomic E-state index is 12.9. The summed E-state index contributed by atoms with van der Waals surface area (Å²) in [5, 5.41) is 1.72. The predicted octanol–water partition coefficient (Wildman–Crippen LogP) is 2.91. The number of nitrogens with zero attached hydrogens (tertiary/aromatic N) is 1. The number of anilines is 1. The number of carbonyl (C=O) groups excluding carboxylic acids is 1. The van der Waals surface area contributed by atoms with Gasteiger partial charge in [0.15, 0.2) is 5.16 Å². The summed E-state index contributed by atoms with van der Waals surface area (Å²) < 4.78 is 38.7. The Balaban J connectivity index is 2.12. The minimum Gasteiger partial charge on any atom is -0.325 e. The van der Waals surface area contributed by atoms with Crippen LogP contribution in [0.1, 0.15) is 12.5 Å². The van der Waals surface area contributed by atoms with Crippen LogP contribution in [0.2, 0.25) is 0 Å². The molecule has 0 spiro atoms. The van der Waals surface area contributed by atoms with Crippen molar-refractivity contribution in [3.63, 3.8) is 0 Å². The summed E-state index contributed by atoms with van der Waals surface area (Å²) in [6.45, 7) is 1.50. The normalized spacial score (nSPS) is 12.7. The van der Waals surface area contributed by atoms with Crippen LogP contribution in [0.4, 0.5) is 18.9 Å². The first-order chi connectivity index (χ1) is 10.8. The van der Waals surface area contributed by atoms with Crippen LogP contribution in [0.15, 0.2) is 46.5 Å². The summed E-state index contributed by atoms with van der Waals surface area (Å²) in [6, 6.07) is 5.94. The maximum absolute atomic E-state index is 12.9. The van der Waals surface area contributed by atoms with Crippen molar-refractivity contribution in [1.82, 2.24) is 9.97 Å². The smallest absolute Gasteiger partial charge is 0.325 e. The van der Waals surface area contributed by atoms with Gasteiger partial charge in [0.25, 0.3) is 5.56 Å². The second kappa shape index (κ2) is 6.86. The van der Waals surface area contributed by atoms with Crippen LogP contribution in [0.3, 0.4) is 0 Å². The number of hydrogen-bond acceptors (Lipinski definition) is 4. The highest BCUT2D eigenvalue weighted by Gasteiger charge is 2.33. The molecule has 0 saturated carbocycles. The number of halogens is 3. The van der Waals surface area contributed by atoms with E-state index in [2.05, 4.69) is 15.3 Å². The maximum Gasteiger partial charge on any atom is 0.418 e. The van der Waals surface area contributed by atoms with Crippen molar-refractivity contribution in [1.29, 1.82) is 0 Å². The second-order valence-electron chi connectivity index (χ2n) is 4.53. The number of benzene rings is 1. The molecule has 122 valence electrons. The molecule has 1 heterocycles. The summed E-state index contributed by atoms with van der Waals surface area (Å²) in [7, 11) is 0. The van der Waals surface area contributed by atoms with Gasteiger partial charge in [0.2, 0.25) is 5.91 Å². The van der Waals surface area contributed by atoms with E-state index in [-0.39, 0.29) is 16.4 Å². The zero-order valence-electron chi connectivity index (χ0n) is 11.8. The Morgan fingerprint density at radius 2 is 2.00 bits per heavy atom. The van der Waals surface area contributed by atoms with Crippen molar-refractivity contribution in [3.8, 4) is 0 Å². The van der Waals surface area contributed by atoms with Crippen molar-refractivity contribution < 1.29 is 18.0 Å². The van der Waals surface area contributed by atoms with Crippen molar-refractivity contribution in [2.24, 2.45) is 0 Å². The Bertz CT molecular complexity index is 761. The number of alkyl halides is 3. The number of thioether (sulfide) groups is 1. The van der Waals surface area contributed by atoms with Crippen LogP contribution >= 0.6 is 11.8 Å². The largest absolute Gasteiger partial charge is 0.418 e. The highest BCUT2D eigenvalue weighted by Crippen LogP contribution is 2.34. The highest BCUT2D eigenvalue weighted by molar-refractivity contribution is 8.00. The lowest BCUT2D eigenvalue weighted by Crippen LogP contribution is -2.24. The molecule has 1 aromatic carbocycles. The molecule has 0 aliphatic rings. The first-order valence-electron chi connectivity index (χ1n) is 6.46. The first kappa shape index (κ1) is 17.1. The molecule has 1 unspecified atom stereocenters. The van der Waals surface area contributed by atoms with Crippen LogP contribution in [-0.2, 0) is 11.0 Å². The molecular weight excluding hydrogens is 331 g/mol. The third-order valence-electron chi connectivity index (χ3n) is 2.80. The van der Waals surface area contributed by atoms with Gasteiger partial charge in [-0.3, -0.25) is 9.59 Å². The Kier molecular flexibility index (Phi) is 5.09. The van der Waals surface area contributed by atoms with Gasteiger partial charge in [-0.05, 0) is 19.1 Å². The van der Waals surface area contributed by atoms with Crippen molar-refractivity contribution in [3.05, 3.63) is 52.4 Å². The molecule has 2 aromatic rings. The zero-order chi connectivity index (χ0) is 17.0. The predicted molar refractivity (Wildman–Crippen MR) is 80.3 cm³/mol. The number of hydrogen-bond donors (Lipinski definition) is 2. The van der Waals surface area contributed by atoms with E-state index < -0.39 is 22.9 Å². The van der Waals surface area contributed by atoms with Gasteiger partial charge in [-0.1, -0.05) is 23.9 Å². The Hall–Kier alpha value is -2.29. The number of carbonyl (C=O) groups is 1. The molecule has 0 aliphatic carbocycles. The molecule has 0 aliphatic heterocycles. The fourth-order valence-corrected chi connectivity index (χ4v) is 2.49. The van der Waals surface area contributed by atoms with E-state index in [9.17, 15) is 22.8 Å². The standard InChI is InChI=1S/C14H12F3N3O2S/c1-8(23-13-18-7-6-11(21)20-13)12(22)19-10-5-3-2-4-9(10)14(15,16)17/h2-8H,1H3,(H,19,22)(H,18,20,21). The molecule has 0 fully saturated rings. The van der Waals surface area contributed by atoms with E-state index in [1.54, 1.807) is 0 Å². The minimum atomic E-state index is -4.56. The van der Waals surface area contributed by atoms with Gasteiger partial charge in [0, 0.05) is 12.3 Å². The number of nitrogens with one attached hydrogen (secondary N) is 2. The number of H-pyrrole nitrogens is 1. The molecule has 23 heavy (non-hydrogen) atoms. The average molecular weight is 343 g/mol. The van der Waals surface area contributed by atoms with Crippen LogP contribution in [0, 0.1) is 0 Å². The summed E-state index contributed by atoms with van der Waals surface area (Å²) in [5.41, 5.74) is -1.61. The summed E-state index contributed by atoms with van der Waals surface area (Å²) in [5.74, 6) is -0.627. The topological polar surface area (TPSA) is 74.8 Å². The van der Waals surface area contributed by atoms with E-state index in [1.165, 1.54) is 37.4 Å². The molecule has 1 amide bonds. The van der Waals surface area contributed by atoms with Gasteiger partial charge in [0.05, 0.1) is 16.5 Å². The molecule has 2 rings (SSSR count). The average Bonchev–Trinajstić information content (AvgIpc) is 2.46. The molecule has 9 heteroatoms. The van der Waals surface area contributed by atoms with E-state index in [4.69, 9.17) is 0 Å². The third-order valence-corrected chi connectivity index (χ3v) is 3.79. The summed E-state index contributed by atoms with van der Waals surface area (Å²) >= 11 is 0.938. The SMILES string of the molecule is CC(Sc1nccc(=O)[nH]1)C(=O)Nc1ccccc1C(F)(F)F. The number of aromatic amines is 1.